The molecule has 1 N–H and O–H groups in total. The molecule has 0 fully saturated rings. The average Bonchev–Trinajstić information content (AvgIpc) is 3.17. The van der Waals surface area contributed by atoms with Crippen LogP contribution in [0.3, 0.4) is 0 Å². The summed E-state index contributed by atoms with van der Waals surface area (Å²) in [6, 6.07) is 15.9. The number of benzene rings is 2. The molecule has 0 unspecified atom stereocenters. The molecule has 0 saturated heterocycles. The lowest BCUT2D eigenvalue weighted by Crippen LogP contribution is -2.12. The number of methoxy groups -OCH3 is 2. The van der Waals surface area contributed by atoms with Gasteiger partial charge in [0.25, 0.3) is 5.91 Å². The minimum atomic E-state index is -0.342. The topological polar surface area (TPSA) is 77.8 Å². The monoisotopic (exact) mass is 408 g/mol. The number of carbonyl (C=O) groups is 1. The average molecular weight is 409 g/mol. The Hall–Kier alpha value is -3.58. The lowest BCUT2D eigenvalue weighted by Gasteiger charge is -2.09. The Morgan fingerprint density at radius 2 is 1.86 bits per heavy atom. The smallest absolute Gasteiger partial charge is 0.276 e. The summed E-state index contributed by atoms with van der Waals surface area (Å²) in [7, 11) is 3.17. The zero-order chi connectivity index (χ0) is 20.4. The van der Waals surface area contributed by atoms with E-state index in [1.807, 2.05) is 24.3 Å². The predicted octanol–water partition coefficient (Wildman–Crippen LogP) is 4.32. The van der Waals surface area contributed by atoms with E-state index in [-0.39, 0.29) is 11.6 Å². The fraction of sp³-hybridized carbons (Fsp3) is 0.0952. The van der Waals surface area contributed by atoms with E-state index in [1.54, 1.807) is 55.3 Å². The summed E-state index contributed by atoms with van der Waals surface area (Å²) < 4.78 is 12.2. The van der Waals surface area contributed by atoms with Crippen LogP contribution in [0.25, 0.3) is 16.9 Å². The summed E-state index contributed by atoms with van der Waals surface area (Å²) in [5.41, 5.74) is 2.98. The predicted molar refractivity (Wildman–Crippen MR) is 111 cm³/mol. The van der Waals surface area contributed by atoms with E-state index < -0.39 is 0 Å². The van der Waals surface area contributed by atoms with E-state index in [2.05, 4.69) is 15.4 Å². The minimum absolute atomic E-state index is 0.252. The molecule has 2 aromatic heterocycles. The van der Waals surface area contributed by atoms with Gasteiger partial charge in [-0.1, -0.05) is 17.7 Å². The Bertz CT molecular complexity index is 1210. The molecule has 0 atom stereocenters. The Kier molecular flexibility index (Phi) is 5.05. The molecule has 8 heteroatoms. The fourth-order valence-electron chi connectivity index (χ4n) is 2.91. The van der Waals surface area contributed by atoms with E-state index in [0.717, 1.165) is 11.3 Å². The summed E-state index contributed by atoms with van der Waals surface area (Å²) >= 11 is 5.96. The second-order valence-corrected chi connectivity index (χ2v) is 6.62. The van der Waals surface area contributed by atoms with Crippen molar-refractivity contribution in [1.29, 1.82) is 0 Å². The Morgan fingerprint density at radius 1 is 1.03 bits per heavy atom. The molecule has 0 radical (unpaired) electrons. The Balaban J connectivity index is 1.63. The second kappa shape index (κ2) is 7.81. The van der Waals surface area contributed by atoms with Crippen LogP contribution in [-0.4, -0.2) is 34.7 Å². The molecule has 4 rings (SSSR count). The quantitative estimate of drug-likeness (QED) is 0.532. The number of rotatable bonds is 5. The van der Waals surface area contributed by atoms with Crippen LogP contribution < -0.4 is 14.8 Å². The van der Waals surface area contributed by atoms with Crippen LogP contribution in [0.2, 0.25) is 5.02 Å². The molecule has 29 heavy (non-hydrogen) atoms. The molecule has 7 nitrogen and oxygen atoms in total. The molecular weight excluding hydrogens is 392 g/mol. The van der Waals surface area contributed by atoms with Crippen molar-refractivity contribution in [2.24, 2.45) is 0 Å². The highest BCUT2D eigenvalue weighted by molar-refractivity contribution is 6.30. The number of halogens is 1. The van der Waals surface area contributed by atoms with Gasteiger partial charge < -0.3 is 14.8 Å². The normalized spacial score (nSPS) is 10.7. The molecular formula is C21H17ClN4O3. The van der Waals surface area contributed by atoms with Gasteiger partial charge in [0, 0.05) is 28.5 Å². The third-order valence-corrected chi connectivity index (χ3v) is 4.55. The number of carbonyl (C=O) groups excluding carboxylic acids is 1. The maximum Gasteiger partial charge on any atom is 0.276 e. The van der Waals surface area contributed by atoms with E-state index in [9.17, 15) is 4.79 Å². The number of hydrogen-bond donors (Lipinski definition) is 1. The van der Waals surface area contributed by atoms with Gasteiger partial charge in [0.2, 0.25) is 0 Å². The lowest BCUT2D eigenvalue weighted by atomic mass is 10.1. The van der Waals surface area contributed by atoms with Crippen LogP contribution in [-0.2, 0) is 0 Å². The van der Waals surface area contributed by atoms with Crippen LogP contribution >= 0.6 is 11.6 Å². The third-order valence-electron chi connectivity index (χ3n) is 4.32. The van der Waals surface area contributed by atoms with E-state index in [0.29, 0.717) is 27.9 Å². The van der Waals surface area contributed by atoms with Crippen molar-refractivity contribution in [1.82, 2.24) is 14.6 Å². The molecule has 0 bridgehead atoms. The van der Waals surface area contributed by atoms with Gasteiger partial charge in [0.1, 0.15) is 0 Å². The van der Waals surface area contributed by atoms with Gasteiger partial charge in [-0.3, -0.25) is 4.79 Å². The van der Waals surface area contributed by atoms with Crippen LogP contribution in [0.5, 0.6) is 11.5 Å². The molecule has 0 aliphatic rings. The summed E-state index contributed by atoms with van der Waals surface area (Å²) in [5, 5.41) is 7.61. The van der Waals surface area contributed by atoms with Gasteiger partial charge in [-0.15, -0.1) is 0 Å². The molecule has 146 valence electrons. The van der Waals surface area contributed by atoms with Gasteiger partial charge in [-0.2, -0.15) is 5.10 Å². The van der Waals surface area contributed by atoms with Crippen LogP contribution in [0.4, 0.5) is 5.69 Å². The van der Waals surface area contributed by atoms with Crippen molar-refractivity contribution in [3.63, 3.8) is 0 Å². The van der Waals surface area contributed by atoms with Crippen molar-refractivity contribution in [3.05, 3.63) is 71.5 Å². The number of fused-ring (bicyclic) bond motifs is 1. The van der Waals surface area contributed by atoms with E-state index in [4.69, 9.17) is 21.1 Å². The molecule has 2 aromatic carbocycles. The highest BCUT2D eigenvalue weighted by Gasteiger charge is 2.14. The number of anilines is 1. The van der Waals surface area contributed by atoms with Gasteiger partial charge in [-0.05, 0) is 42.5 Å². The van der Waals surface area contributed by atoms with E-state index >= 15 is 0 Å². The zero-order valence-electron chi connectivity index (χ0n) is 15.7. The highest BCUT2D eigenvalue weighted by atomic mass is 35.5. The summed E-state index contributed by atoms with van der Waals surface area (Å²) in [6.07, 6.45) is 1.75. The first-order valence-corrected chi connectivity index (χ1v) is 9.11. The first kappa shape index (κ1) is 18.8. The number of amides is 1. The molecule has 1 amide bonds. The first-order chi connectivity index (χ1) is 14.1. The number of nitrogens with one attached hydrogen (secondary N) is 1. The summed E-state index contributed by atoms with van der Waals surface area (Å²) in [4.78, 5) is 17.1. The number of hydrogen-bond acceptors (Lipinski definition) is 5. The minimum Gasteiger partial charge on any atom is -0.493 e. The van der Waals surface area contributed by atoms with Gasteiger partial charge >= 0.3 is 0 Å². The van der Waals surface area contributed by atoms with Crippen molar-refractivity contribution in [2.45, 2.75) is 0 Å². The van der Waals surface area contributed by atoms with Crippen molar-refractivity contribution >= 4 is 28.8 Å². The number of aromatic nitrogens is 3. The molecule has 2 heterocycles. The molecule has 0 saturated carbocycles. The van der Waals surface area contributed by atoms with Crippen molar-refractivity contribution in [3.8, 4) is 22.8 Å². The SMILES string of the molecule is COc1ccc(-c2ccn3nc(C(=O)Nc4cccc(Cl)c4)cc3n2)cc1OC. The van der Waals surface area contributed by atoms with Crippen molar-refractivity contribution < 1.29 is 14.3 Å². The van der Waals surface area contributed by atoms with Crippen LogP contribution in [0.1, 0.15) is 10.5 Å². The van der Waals surface area contributed by atoms with E-state index in [1.165, 1.54) is 0 Å². The second-order valence-electron chi connectivity index (χ2n) is 6.18. The maximum atomic E-state index is 12.5. The number of ether oxygens (including phenoxy) is 2. The Morgan fingerprint density at radius 3 is 2.62 bits per heavy atom. The zero-order valence-corrected chi connectivity index (χ0v) is 16.5. The fourth-order valence-corrected chi connectivity index (χ4v) is 3.10. The molecule has 4 aromatic rings. The molecule has 0 aliphatic carbocycles. The van der Waals surface area contributed by atoms with Crippen molar-refractivity contribution in [2.75, 3.05) is 19.5 Å². The number of nitrogens with zero attached hydrogens (tertiary/aromatic N) is 3. The van der Waals surface area contributed by atoms with Gasteiger partial charge in [-0.25, -0.2) is 9.50 Å². The highest BCUT2D eigenvalue weighted by Crippen LogP contribution is 2.31. The lowest BCUT2D eigenvalue weighted by molar-refractivity contribution is 0.102. The molecule has 0 aliphatic heterocycles. The van der Waals surface area contributed by atoms with Crippen LogP contribution in [0, 0.1) is 0 Å². The van der Waals surface area contributed by atoms with Gasteiger partial charge in [0.05, 0.1) is 19.9 Å². The van der Waals surface area contributed by atoms with Crippen LogP contribution in [0.15, 0.2) is 60.8 Å². The maximum absolute atomic E-state index is 12.5. The third kappa shape index (κ3) is 3.86. The first-order valence-electron chi connectivity index (χ1n) is 8.73. The standard InChI is InChI=1S/C21H17ClN4O3/c1-28-18-7-6-13(10-19(18)29-2)16-8-9-26-20(24-16)12-17(25-26)21(27)23-15-5-3-4-14(22)11-15/h3-12H,1-2H3,(H,23,27). The van der Waals surface area contributed by atoms with Gasteiger partial charge in [0.15, 0.2) is 22.8 Å². The summed E-state index contributed by atoms with van der Waals surface area (Å²) in [6.45, 7) is 0. The Labute approximate surface area is 171 Å². The summed E-state index contributed by atoms with van der Waals surface area (Å²) in [5.74, 6) is 0.911. The largest absolute Gasteiger partial charge is 0.493 e. The molecule has 0 spiro atoms.